The molecular weight excluding hydrogens is 243 g/mol. The lowest BCUT2D eigenvalue weighted by Crippen LogP contribution is -2.27. The minimum Gasteiger partial charge on any atom is -0.385 e. The predicted molar refractivity (Wildman–Crippen MR) is 60.8 cm³/mol. The maximum absolute atomic E-state index is 12.9. The van der Waals surface area contributed by atoms with Crippen LogP contribution in [0.1, 0.15) is 44.2 Å². The SMILES string of the molecule is CC1(C)CCC(O)(c2cnccc2C(F)(F)F)C1. The molecule has 2 nitrogen and oxygen atoms in total. The van der Waals surface area contributed by atoms with Gasteiger partial charge in [-0.25, -0.2) is 0 Å². The van der Waals surface area contributed by atoms with Crippen molar-refractivity contribution >= 4 is 0 Å². The van der Waals surface area contributed by atoms with Crippen molar-refractivity contribution in [2.75, 3.05) is 0 Å². The first kappa shape index (κ1) is 13.3. The number of halogens is 3. The van der Waals surface area contributed by atoms with Gasteiger partial charge in [0.25, 0.3) is 0 Å². The molecule has 1 atom stereocenters. The van der Waals surface area contributed by atoms with E-state index < -0.39 is 17.3 Å². The highest BCUT2D eigenvalue weighted by molar-refractivity contribution is 5.33. The maximum Gasteiger partial charge on any atom is 0.416 e. The molecule has 5 heteroatoms. The summed E-state index contributed by atoms with van der Waals surface area (Å²) in [6.45, 7) is 3.91. The van der Waals surface area contributed by atoms with Crippen molar-refractivity contribution in [3.05, 3.63) is 29.6 Å². The van der Waals surface area contributed by atoms with Gasteiger partial charge in [0.05, 0.1) is 11.2 Å². The first-order chi connectivity index (χ1) is 8.14. The Bertz CT molecular complexity index is 456. The van der Waals surface area contributed by atoms with Crippen LogP contribution >= 0.6 is 0 Å². The van der Waals surface area contributed by atoms with E-state index in [1.807, 2.05) is 13.8 Å². The Morgan fingerprint density at radius 2 is 1.94 bits per heavy atom. The molecule has 1 aliphatic carbocycles. The molecule has 0 spiro atoms. The van der Waals surface area contributed by atoms with E-state index in [1.54, 1.807) is 0 Å². The van der Waals surface area contributed by atoms with Gasteiger partial charge < -0.3 is 5.11 Å². The molecule has 0 aliphatic heterocycles. The Balaban J connectivity index is 2.46. The highest BCUT2D eigenvalue weighted by atomic mass is 19.4. The summed E-state index contributed by atoms with van der Waals surface area (Å²) >= 11 is 0. The molecule has 1 heterocycles. The zero-order chi connectivity index (χ0) is 13.6. The molecule has 1 saturated carbocycles. The second-order valence-corrected chi connectivity index (χ2v) is 5.79. The van der Waals surface area contributed by atoms with Crippen LogP contribution in [-0.2, 0) is 11.8 Å². The average Bonchev–Trinajstić information content (AvgIpc) is 2.53. The number of aliphatic hydroxyl groups is 1. The van der Waals surface area contributed by atoms with Gasteiger partial charge in [-0.15, -0.1) is 0 Å². The van der Waals surface area contributed by atoms with Gasteiger partial charge in [-0.2, -0.15) is 13.2 Å². The fourth-order valence-corrected chi connectivity index (χ4v) is 2.76. The molecule has 18 heavy (non-hydrogen) atoms. The summed E-state index contributed by atoms with van der Waals surface area (Å²) < 4.78 is 38.8. The minimum absolute atomic E-state index is 0.0944. The molecular formula is C13H16F3NO. The van der Waals surface area contributed by atoms with Crippen LogP contribution in [0, 0.1) is 5.41 Å². The summed E-state index contributed by atoms with van der Waals surface area (Å²) in [5.41, 5.74) is -2.43. The van der Waals surface area contributed by atoms with Gasteiger partial charge in [0.2, 0.25) is 0 Å². The van der Waals surface area contributed by atoms with Crippen molar-refractivity contribution in [1.29, 1.82) is 0 Å². The molecule has 0 saturated heterocycles. The largest absolute Gasteiger partial charge is 0.416 e. The summed E-state index contributed by atoms with van der Waals surface area (Å²) in [7, 11) is 0. The van der Waals surface area contributed by atoms with Crippen LogP contribution in [0.3, 0.4) is 0 Å². The Kier molecular flexibility index (Phi) is 2.93. The van der Waals surface area contributed by atoms with Crippen LogP contribution in [0.2, 0.25) is 0 Å². The summed E-state index contributed by atoms with van der Waals surface area (Å²) in [5.74, 6) is 0. The van der Waals surface area contributed by atoms with Crippen LogP contribution in [0.15, 0.2) is 18.5 Å². The fraction of sp³-hybridized carbons (Fsp3) is 0.615. The van der Waals surface area contributed by atoms with Crippen molar-refractivity contribution in [3.63, 3.8) is 0 Å². The van der Waals surface area contributed by atoms with Gasteiger partial charge in [0.1, 0.15) is 0 Å². The molecule has 1 fully saturated rings. The van der Waals surface area contributed by atoms with Gasteiger partial charge in [0, 0.05) is 18.0 Å². The Morgan fingerprint density at radius 1 is 1.28 bits per heavy atom. The number of alkyl halides is 3. The van der Waals surface area contributed by atoms with E-state index in [4.69, 9.17) is 0 Å². The molecule has 100 valence electrons. The Labute approximate surface area is 104 Å². The van der Waals surface area contributed by atoms with E-state index in [-0.39, 0.29) is 11.0 Å². The van der Waals surface area contributed by atoms with Crippen molar-refractivity contribution in [2.24, 2.45) is 5.41 Å². The molecule has 0 amide bonds. The average molecular weight is 259 g/mol. The third kappa shape index (κ3) is 2.36. The highest BCUT2D eigenvalue weighted by Gasteiger charge is 2.47. The van der Waals surface area contributed by atoms with E-state index in [0.29, 0.717) is 19.3 Å². The first-order valence-electron chi connectivity index (χ1n) is 5.88. The lowest BCUT2D eigenvalue weighted by Gasteiger charge is -2.28. The van der Waals surface area contributed by atoms with Crippen molar-refractivity contribution in [3.8, 4) is 0 Å². The number of pyridine rings is 1. The molecule has 0 radical (unpaired) electrons. The predicted octanol–water partition coefficient (Wildman–Crippen LogP) is 3.50. The quantitative estimate of drug-likeness (QED) is 0.837. The van der Waals surface area contributed by atoms with Crippen LogP contribution in [0.4, 0.5) is 13.2 Å². The summed E-state index contributed by atoms with van der Waals surface area (Å²) in [6.07, 6.45) is -0.833. The van der Waals surface area contributed by atoms with Gasteiger partial charge in [-0.3, -0.25) is 4.98 Å². The number of aromatic nitrogens is 1. The molecule has 0 aromatic carbocycles. The maximum atomic E-state index is 12.9. The third-order valence-corrected chi connectivity index (χ3v) is 3.61. The van der Waals surface area contributed by atoms with Crippen LogP contribution in [0.25, 0.3) is 0 Å². The third-order valence-electron chi connectivity index (χ3n) is 3.61. The van der Waals surface area contributed by atoms with Gasteiger partial charge in [-0.05, 0) is 30.7 Å². The lowest BCUT2D eigenvalue weighted by molar-refractivity contribution is -0.141. The van der Waals surface area contributed by atoms with Gasteiger partial charge in [-0.1, -0.05) is 13.8 Å². The molecule has 1 aromatic heterocycles. The molecule has 2 rings (SSSR count). The number of rotatable bonds is 1. The van der Waals surface area contributed by atoms with Crippen LogP contribution < -0.4 is 0 Å². The zero-order valence-electron chi connectivity index (χ0n) is 10.4. The summed E-state index contributed by atoms with van der Waals surface area (Å²) in [4.78, 5) is 3.74. The van der Waals surface area contributed by atoms with Crippen molar-refractivity contribution in [2.45, 2.75) is 44.9 Å². The monoisotopic (exact) mass is 259 g/mol. The normalized spacial score (nSPS) is 27.4. The molecule has 1 aliphatic rings. The minimum atomic E-state index is -4.46. The van der Waals surface area contributed by atoms with Crippen molar-refractivity contribution in [1.82, 2.24) is 4.98 Å². The number of hydrogen-bond acceptors (Lipinski definition) is 2. The smallest absolute Gasteiger partial charge is 0.385 e. The fourth-order valence-electron chi connectivity index (χ4n) is 2.76. The van der Waals surface area contributed by atoms with E-state index in [9.17, 15) is 18.3 Å². The van der Waals surface area contributed by atoms with Crippen LogP contribution in [0.5, 0.6) is 0 Å². The molecule has 1 N–H and O–H groups in total. The lowest BCUT2D eigenvalue weighted by atomic mass is 9.84. The summed E-state index contributed by atoms with van der Waals surface area (Å²) in [5, 5.41) is 10.5. The number of hydrogen-bond donors (Lipinski definition) is 1. The Hall–Kier alpha value is -1.10. The molecule has 1 unspecified atom stereocenters. The zero-order valence-corrected chi connectivity index (χ0v) is 10.4. The van der Waals surface area contributed by atoms with Gasteiger partial charge >= 0.3 is 6.18 Å². The van der Waals surface area contributed by atoms with Gasteiger partial charge in [0.15, 0.2) is 0 Å². The Morgan fingerprint density at radius 3 is 2.44 bits per heavy atom. The van der Waals surface area contributed by atoms with E-state index in [1.165, 1.54) is 0 Å². The van der Waals surface area contributed by atoms with Crippen LogP contribution in [-0.4, -0.2) is 10.1 Å². The summed E-state index contributed by atoms with van der Waals surface area (Å²) in [6, 6.07) is 0.929. The number of nitrogens with zero attached hydrogens (tertiary/aromatic N) is 1. The first-order valence-corrected chi connectivity index (χ1v) is 5.88. The van der Waals surface area contributed by atoms with Crippen molar-refractivity contribution < 1.29 is 18.3 Å². The highest BCUT2D eigenvalue weighted by Crippen LogP contribution is 2.51. The second kappa shape index (κ2) is 3.95. The molecule has 1 aromatic rings. The standard InChI is InChI=1S/C13H16F3NO/c1-11(2)4-5-12(18,8-11)10-7-17-6-3-9(10)13(14,15)16/h3,6-7,18H,4-5,8H2,1-2H3. The second-order valence-electron chi connectivity index (χ2n) is 5.79. The van der Waals surface area contributed by atoms with E-state index >= 15 is 0 Å². The molecule has 0 bridgehead atoms. The van der Waals surface area contributed by atoms with E-state index in [0.717, 1.165) is 18.5 Å². The van der Waals surface area contributed by atoms with E-state index in [2.05, 4.69) is 4.98 Å². The topological polar surface area (TPSA) is 33.1 Å².